The monoisotopic (exact) mass is 661 g/mol. The molecule has 0 aliphatic heterocycles. The van der Waals surface area contributed by atoms with Gasteiger partial charge in [-0.05, 0) is 88.0 Å². The standard InChI is InChI=1S/C30H36BrN3O5S2/c1-6-39-28-13-8-7-12-27(28)34(41(37,38)26-16-14-25(40-5)15-17-26)20-29(35)33(22(4)30(36)32-21(2)3)19-23-10-9-11-24(31)18-23/h7-18,21-22H,6,19-20H2,1-5H3,(H,32,36)/t22-/m0/s1. The van der Waals surface area contributed by atoms with Crippen LogP contribution in [0.15, 0.2) is 87.1 Å². The van der Waals surface area contributed by atoms with E-state index in [1.165, 1.54) is 28.8 Å². The van der Waals surface area contributed by atoms with Gasteiger partial charge in [-0.15, -0.1) is 11.8 Å². The number of benzene rings is 3. The van der Waals surface area contributed by atoms with Crippen LogP contribution in [0.2, 0.25) is 0 Å². The Morgan fingerprint density at radius 2 is 1.68 bits per heavy atom. The Balaban J connectivity index is 2.09. The van der Waals surface area contributed by atoms with Gasteiger partial charge < -0.3 is 15.0 Å². The van der Waals surface area contributed by atoms with Crippen molar-refractivity contribution in [1.29, 1.82) is 0 Å². The molecule has 0 fully saturated rings. The van der Waals surface area contributed by atoms with E-state index in [0.29, 0.717) is 12.4 Å². The Hall–Kier alpha value is -3.02. The number of rotatable bonds is 13. The minimum atomic E-state index is -4.20. The number of carbonyl (C=O) groups is 2. The van der Waals surface area contributed by atoms with Crippen molar-refractivity contribution in [2.75, 3.05) is 23.7 Å². The lowest BCUT2D eigenvalue weighted by Crippen LogP contribution is -2.52. The number of thioether (sulfide) groups is 1. The predicted octanol–water partition coefficient (Wildman–Crippen LogP) is 5.71. The number of hydrogen-bond donors (Lipinski definition) is 1. The molecule has 3 rings (SSSR count). The zero-order chi connectivity index (χ0) is 30.2. The maximum atomic E-state index is 14.1. The van der Waals surface area contributed by atoms with E-state index in [-0.39, 0.29) is 29.1 Å². The highest BCUT2D eigenvalue weighted by molar-refractivity contribution is 9.10. The highest BCUT2D eigenvalue weighted by Crippen LogP contribution is 2.33. The van der Waals surface area contributed by atoms with Crippen LogP contribution in [0.3, 0.4) is 0 Å². The van der Waals surface area contributed by atoms with E-state index >= 15 is 0 Å². The van der Waals surface area contributed by atoms with E-state index in [9.17, 15) is 18.0 Å². The molecule has 0 bridgehead atoms. The first-order valence-electron chi connectivity index (χ1n) is 13.2. The molecule has 3 aromatic rings. The average Bonchev–Trinajstić information content (AvgIpc) is 2.94. The lowest BCUT2D eigenvalue weighted by Gasteiger charge is -2.32. The Morgan fingerprint density at radius 1 is 1.00 bits per heavy atom. The summed E-state index contributed by atoms with van der Waals surface area (Å²) in [4.78, 5) is 29.5. The maximum Gasteiger partial charge on any atom is 0.264 e. The molecular weight excluding hydrogens is 626 g/mol. The van der Waals surface area contributed by atoms with E-state index in [0.717, 1.165) is 19.2 Å². The highest BCUT2D eigenvalue weighted by Gasteiger charge is 2.34. The first-order valence-corrected chi connectivity index (χ1v) is 16.7. The maximum absolute atomic E-state index is 14.1. The van der Waals surface area contributed by atoms with Crippen molar-refractivity contribution in [2.45, 2.75) is 56.1 Å². The third kappa shape index (κ3) is 8.50. The second kappa shape index (κ2) is 14.7. The number of para-hydroxylation sites is 2. The van der Waals surface area contributed by atoms with Crippen LogP contribution in [0.4, 0.5) is 5.69 Å². The first kappa shape index (κ1) is 32.5. The summed E-state index contributed by atoms with van der Waals surface area (Å²) in [5.41, 5.74) is 1.02. The van der Waals surface area contributed by atoms with Crippen LogP contribution < -0.4 is 14.4 Å². The van der Waals surface area contributed by atoms with Gasteiger partial charge >= 0.3 is 0 Å². The third-order valence-electron chi connectivity index (χ3n) is 6.20. The second-order valence-corrected chi connectivity index (χ2v) is 13.2. The molecule has 0 aromatic heterocycles. The fourth-order valence-corrected chi connectivity index (χ4v) is 6.43. The van der Waals surface area contributed by atoms with E-state index in [1.807, 2.05) is 44.4 Å². The third-order valence-corrected chi connectivity index (χ3v) is 9.21. The molecule has 0 spiro atoms. The van der Waals surface area contributed by atoms with Crippen molar-refractivity contribution in [1.82, 2.24) is 10.2 Å². The zero-order valence-corrected chi connectivity index (χ0v) is 27.1. The van der Waals surface area contributed by atoms with Gasteiger partial charge in [0, 0.05) is 22.0 Å². The van der Waals surface area contributed by atoms with Gasteiger partial charge in [0.25, 0.3) is 10.0 Å². The second-order valence-electron chi connectivity index (χ2n) is 9.58. The minimum absolute atomic E-state index is 0.0403. The Bertz CT molecular complexity index is 1450. The smallest absolute Gasteiger partial charge is 0.264 e. The molecule has 0 heterocycles. The molecule has 11 heteroatoms. The summed E-state index contributed by atoms with van der Waals surface area (Å²) in [5.74, 6) is -0.539. The summed E-state index contributed by atoms with van der Waals surface area (Å²) in [5, 5.41) is 2.86. The molecule has 1 N–H and O–H groups in total. The molecule has 0 radical (unpaired) electrons. The SMILES string of the molecule is CCOc1ccccc1N(CC(=O)N(Cc1cccc(Br)c1)[C@@H](C)C(=O)NC(C)C)S(=O)(=O)c1ccc(SC)cc1. The van der Waals surface area contributed by atoms with Crippen molar-refractivity contribution in [2.24, 2.45) is 0 Å². The number of nitrogens with zero attached hydrogens (tertiary/aromatic N) is 2. The topological polar surface area (TPSA) is 96.0 Å². The number of nitrogens with one attached hydrogen (secondary N) is 1. The Morgan fingerprint density at radius 3 is 2.29 bits per heavy atom. The number of sulfonamides is 1. The summed E-state index contributed by atoms with van der Waals surface area (Å²) in [6.07, 6.45) is 1.91. The van der Waals surface area contributed by atoms with E-state index in [4.69, 9.17) is 4.74 Å². The average molecular weight is 663 g/mol. The predicted molar refractivity (Wildman–Crippen MR) is 168 cm³/mol. The summed E-state index contributed by atoms with van der Waals surface area (Å²) in [7, 11) is -4.20. The summed E-state index contributed by atoms with van der Waals surface area (Å²) in [6, 6.07) is 19.6. The summed E-state index contributed by atoms with van der Waals surface area (Å²) < 4.78 is 35.9. The van der Waals surface area contributed by atoms with Gasteiger partial charge in [0.05, 0.1) is 17.2 Å². The van der Waals surface area contributed by atoms with Crippen LogP contribution in [0.1, 0.15) is 33.3 Å². The number of anilines is 1. The number of carbonyl (C=O) groups excluding carboxylic acids is 2. The number of halogens is 1. The van der Waals surface area contributed by atoms with E-state index in [1.54, 1.807) is 50.2 Å². The van der Waals surface area contributed by atoms with E-state index in [2.05, 4.69) is 21.2 Å². The van der Waals surface area contributed by atoms with Crippen molar-refractivity contribution >= 4 is 55.2 Å². The fourth-order valence-electron chi connectivity index (χ4n) is 4.15. The van der Waals surface area contributed by atoms with Gasteiger partial charge in [-0.3, -0.25) is 13.9 Å². The largest absolute Gasteiger partial charge is 0.492 e. The molecule has 3 aromatic carbocycles. The van der Waals surface area contributed by atoms with Crippen LogP contribution in [0.5, 0.6) is 5.75 Å². The number of ether oxygens (including phenoxy) is 1. The zero-order valence-electron chi connectivity index (χ0n) is 23.8. The van der Waals surface area contributed by atoms with Gasteiger partial charge in [0.1, 0.15) is 18.3 Å². The number of amides is 2. The van der Waals surface area contributed by atoms with E-state index < -0.39 is 28.5 Å². The molecule has 0 saturated carbocycles. The lowest BCUT2D eigenvalue weighted by atomic mass is 10.1. The molecule has 2 amide bonds. The molecule has 0 aliphatic rings. The summed E-state index contributed by atoms with van der Waals surface area (Å²) in [6.45, 7) is 7.00. The highest BCUT2D eigenvalue weighted by atomic mass is 79.9. The molecule has 41 heavy (non-hydrogen) atoms. The quantitative estimate of drug-likeness (QED) is 0.236. The molecule has 8 nitrogen and oxygen atoms in total. The lowest BCUT2D eigenvalue weighted by molar-refractivity contribution is -0.139. The van der Waals surface area contributed by atoms with Crippen molar-refractivity contribution in [3.8, 4) is 5.75 Å². The molecule has 220 valence electrons. The minimum Gasteiger partial charge on any atom is -0.492 e. The molecule has 0 unspecified atom stereocenters. The molecule has 0 aliphatic carbocycles. The van der Waals surface area contributed by atoms with Crippen molar-refractivity contribution in [3.05, 3.63) is 82.8 Å². The van der Waals surface area contributed by atoms with Crippen molar-refractivity contribution in [3.63, 3.8) is 0 Å². The molecular formula is C30H36BrN3O5S2. The van der Waals surface area contributed by atoms with Crippen LogP contribution in [0, 0.1) is 0 Å². The fraction of sp³-hybridized carbons (Fsp3) is 0.333. The van der Waals surface area contributed by atoms with Gasteiger partial charge in [-0.25, -0.2) is 8.42 Å². The molecule has 0 saturated heterocycles. The van der Waals surface area contributed by atoms with Crippen LogP contribution >= 0.6 is 27.7 Å². The van der Waals surface area contributed by atoms with Gasteiger partial charge in [-0.2, -0.15) is 0 Å². The van der Waals surface area contributed by atoms with Crippen LogP contribution in [-0.2, 0) is 26.2 Å². The Kier molecular flexibility index (Phi) is 11.7. The van der Waals surface area contributed by atoms with Gasteiger partial charge in [0.2, 0.25) is 11.8 Å². The van der Waals surface area contributed by atoms with Gasteiger partial charge in [0.15, 0.2) is 0 Å². The number of hydrogen-bond acceptors (Lipinski definition) is 6. The van der Waals surface area contributed by atoms with Gasteiger partial charge in [-0.1, -0.05) is 40.2 Å². The Labute approximate surface area is 255 Å². The van der Waals surface area contributed by atoms with Crippen LogP contribution in [-0.4, -0.2) is 56.6 Å². The summed E-state index contributed by atoms with van der Waals surface area (Å²) >= 11 is 4.96. The van der Waals surface area contributed by atoms with Crippen molar-refractivity contribution < 1.29 is 22.7 Å². The first-order chi connectivity index (χ1) is 19.5. The van der Waals surface area contributed by atoms with Crippen LogP contribution in [0.25, 0.3) is 0 Å². The molecule has 1 atom stereocenters. The normalized spacial score (nSPS) is 12.1.